The third kappa shape index (κ3) is 10.3. The third-order valence-electron chi connectivity index (χ3n) is 5.34. The fourth-order valence-electron chi connectivity index (χ4n) is 3.77. The number of quaternary nitrogens is 1. The smallest absolute Gasteiger partial charge is 0.226 e. The van der Waals surface area contributed by atoms with E-state index in [1.807, 2.05) is 0 Å². The third-order valence-corrected chi connectivity index (χ3v) is 5.34. The van der Waals surface area contributed by atoms with Crippen LogP contribution in [0.3, 0.4) is 0 Å². The van der Waals surface area contributed by atoms with Gasteiger partial charge in [-0.05, 0) is 19.3 Å². The van der Waals surface area contributed by atoms with Crippen molar-refractivity contribution in [1.82, 2.24) is 4.90 Å². The molecular weight excluding hydrogens is 296 g/mol. The highest BCUT2D eigenvalue weighted by Gasteiger charge is 2.26. The van der Waals surface area contributed by atoms with Crippen molar-refractivity contribution in [3.05, 3.63) is 0 Å². The maximum Gasteiger partial charge on any atom is 0.226 e. The Bertz CT molecular complexity index is 328. The van der Waals surface area contributed by atoms with Crippen molar-refractivity contribution in [2.45, 2.75) is 96.8 Å². The largest absolute Gasteiger partial charge is 0.311 e. The molecule has 0 spiro atoms. The normalized spacial score (nSPS) is 15.5. The van der Waals surface area contributed by atoms with Crippen LogP contribution in [-0.2, 0) is 4.79 Å². The Morgan fingerprint density at radius 1 is 0.833 bits per heavy atom. The van der Waals surface area contributed by atoms with Gasteiger partial charge in [0, 0.05) is 13.0 Å². The minimum absolute atomic E-state index is 0.357. The molecule has 1 amide bonds. The van der Waals surface area contributed by atoms with Crippen LogP contribution in [0.4, 0.5) is 0 Å². The number of hydrogen-bond donors (Lipinski definition) is 0. The summed E-state index contributed by atoms with van der Waals surface area (Å²) < 4.78 is 0.962. The van der Waals surface area contributed by atoms with Gasteiger partial charge < -0.3 is 4.48 Å². The number of hydrogen-bond acceptors (Lipinski definition) is 1. The maximum atomic E-state index is 11.7. The highest BCUT2D eigenvalue weighted by Crippen LogP contribution is 2.15. The Morgan fingerprint density at radius 3 is 1.79 bits per heavy atom. The van der Waals surface area contributed by atoms with Crippen LogP contribution in [0.2, 0.25) is 0 Å². The topological polar surface area (TPSA) is 20.3 Å². The highest BCUT2D eigenvalue weighted by atomic mass is 16.2. The minimum atomic E-state index is 0.357. The van der Waals surface area contributed by atoms with Crippen molar-refractivity contribution >= 4 is 5.91 Å². The molecule has 0 aromatic carbocycles. The zero-order chi connectivity index (χ0) is 17.7. The quantitative estimate of drug-likeness (QED) is 0.291. The Morgan fingerprint density at radius 2 is 1.33 bits per heavy atom. The molecule has 0 bridgehead atoms. The van der Waals surface area contributed by atoms with Crippen LogP contribution in [0.15, 0.2) is 0 Å². The van der Waals surface area contributed by atoms with Crippen molar-refractivity contribution < 1.29 is 9.28 Å². The maximum absolute atomic E-state index is 11.7. The molecule has 142 valence electrons. The lowest BCUT2D eigenvalue weighted by Gasteiger charge is -2.33. The lowest BCUT2D eigenvalue weighted by molar-refractivity contribution is -0.899. The van der Waals surface area contributed by atoms with E-state index in [2.05, 4.69) is 25.9 Å². The minimum Gasteiger partial charge on any atom is -0.311 e. The van der Waals surface area contributed by atoms with E-state index in [0.29, 0.717) is 5.91 Å². The molecule has 1 saturated heterocycles. The molecule has 0 aromatic heterocycles. The molecule has 1 rings (SSSR count). The molecule has 3 heteroatoms. The molecule has 0 atom stereocenters. The number of amides is 1. The van der Waals surface area contributed by atoms with Crippen molar-refractivity contribution in [2.75, 3.05) is 33.9 Å². The molecule has 1 fully saturated rings. The zero-order valence-corrected chi connectivity index (χ0v) is 16.8. The number of likely N-dealkylation sites (tertiary alicyclic amines) is 1. The monoisotopic (exact) mass is 339 g/mol. The number of carbonyl (C=O) groups excluding carboxylic acids is 1. The number of rotatable bonds is 15. The second-order valence-corrected chi connectivity index (χ2v) is 8.45. The molecule has 1 heterocycles. The first kappa shape index (κ1) is 21.5. The molecular formula is C21H43N2O+. The van der Waals surface area contributed by atoms with Crippen molar-refractivity contribution in [2.24, 2.45) is 0 Å². The van der Waals surface area contributed by atoms with Crippen LogP contribution in [0.25, 0.3) is 0 Å². The first-order chi connectivity index (χ1) is 11.5. The van der Waals surface area contributed by atoms with Gasteiger partial charge in [0.25, 0.3) is 0 Å². The second-order valence-electron chi connectivity index (χ2n) is 8.45. The van der Waals surface area contributed by atoms with Crippen LogP contribution < -0.4 is 0 Å². The summed E-state index contributed by atoms with van der Waals surface area (Å²) >= 11 is 0. The van der Waals surface area contributed by atoms with Crippen molar-refractivity contribution in [1.29, 1.82) is 0 Å². The molecule has 0 aliphatic carbocycles. The second kappa shape index (κ2) is 12.7. The standard InChI is InChI=1S/C21H43N2O/c1-4-5-6-7-8-9-10-11-12-13-14-15-19-23(2,3)20-22-18-16-17-21(22)24/h4-20H2,1-3H3/q+1. The number of carbonyl (C=O) groups is 1. The SMILES string of the molecule is CCCCCCCCCCCCCC[N+](C)(C)CN1CCCC1=O. The van der Waals surface area contributed by atoms with Gasteiger partial charge >= 0.3 is 0 Å². The Balaban J connectivity index is 1.89. The highest BCUT2D eigenvalue weighted by molar-refractivity contribution is 5.77. The predicted octanol–water partition coefficient (Wildman–Crippen LogP) is 5.34. The number of nitrogens with zero attached hydrogens (tertiary/aromatic N) is 2. The molecule has 0 N–H and O–H groups in total. The van der Waals surface area contributed by atoms with E-state index in [9.17, 15) is 4.79 Å². The summed E-state index contributed by atoms with van der Waals surface area (Å²) in [6.45, 7) is 5.35. The lowest BCUT2D eigenvalue weighted by atomic mass is 10.1. The Labute approximate surface area is 151 Å². The molecule has 0 radical (unpaired) electrons. The number of unbranched alkanes of at least 4 members (excludes halogenated alkanes) is 11. The fraction of sp³-hybridized carbons (Fsp3) is 0.952. The van der Waals surface area contributed by atoms with E-state index in [1.54, 1.807) is 0 Å². The van der Waals surface area contributed by atoms with Gasteiger partial charge in [0.05, 0.1) is 20.6 Å². The van der Waals surface area contributed by atoms with Crippen LogP contribution in [0, 0.1) is 0 Å². The Kier molecular flexibility index (Phi) is 11.4. The van der Waals surface area contributed by atoms with Crippen LogP contribution in [0.1, 0.15) is 96.8 Å². The van der Waals surface area contributed by atoms with Crippen molar-refractivity contribution in [3.63, 3.8) is 0 Å². The van der Waals surface area contributed by atoms with Gasteiger partial charge in [-0.25, -0.2) is 0 Å². The van der Waals surface area contributed by atoms with Crippen LogP contribution in [0.5, 0.6) is 0 Å². The van der Waals surface area contributed by atoms with Crippen LogP contribution in [-0.4, -0.2) is 49.1 Å². The van der Waals surface area contributed by atoms with Crippen molar-refractivity contribution in [3.8, 4) is 0 Å². The molecule has 1 aliphatic heterocycles. The molecule has 0 saturated carbocycles. The van der Waals surface area contributed by atoms with E-state index in [4.69, 9.17) is 0 Å². The summed E-state index contributed by atoms with van der Waals surface area (Å²) in [6, 6.07) is 0. The average molecular weight is 340 g/mol. The van der Waals surface area contributed by atoms with Gasteiger partial charge in [-0.15, -0.1) is 0 Å². The summed E-state index contributed by atoms with van der Waals surface area (Å²) in [4.78, 5) is 13.8. The molecule has 0 aromatic rings. The summed E-state index contributed by atoms with van der Waals surface area (Å²) in [5, 5.41) is 0. The van der Waals surface area contributed by atoms with Gasteiger partial charge in [0.1, 0.15) is 0 Å². The van der Waals surface area contributed by atoms with E-state index in [0.717, 1.165) is 30.5 Å². The first-order valence-corrected chi connectivity index (χ1v) is 10.6. The van der Waals surface area contributed by atoms with E-state index < -0.39 is 0 Å². The molecule has 24 heavy (non-hydrogen) atoms. The van der Waals surface area contributed by atoms with E-state index in [-0.39, 0.29) is 0 Å². The summed E-state index contributed by atoms with van der Waals surface area (Å²) in [5.74, 6) is 0.357. The zero-order valence-electron chi connectivity index (χ0n) is 16.8. The Hall–Kier alpha value is -0.570. The average Bonchev–Trinajstić information content (AvgIpc) is 2.93. The van der Waals surface area contributed by atoms with Gasteiger partial charge in [-0.3, -0.25) is 9.69 Å². The molecule has 0 unspecified atom stereocenters. The predicted molar refractivity (Wildman–Crippen MR) is 104 cm³/mol. The summed E-state index contributed by atoms with van der Waals surface area (Å²) in [7, 11) is 4.54. The van der Waals surface area contributed by atoms with Crippen LogP contribution >= 0.6 is 0 Å². The molecule has 1 aliphatic rings. The van der Waals surface area contributed by atoms with Gasteiger partial charge in [-0.1, -0.05) is 71.1 Å². The lowest BCUT2D eigenvalue weighted by Crippen LogP contribution is -2.49. The van der Waals surface area contributed by atoms with Gasteiger partial charge in [0.2, 0.25) is 5.91 Å². The van der Waals surface area contributed by atoms with Gasteiger partial charge in [-0.2, -0.15) is 0 Å². The summed E-state index contributed by atoms with van der Waals surface area (Å²) in [5.41, 5.74) is 0. The molecule has 3 nitrogen and oxygen atoms in total. The van der Waals surface area contributed by atoms with Gasteiger partial charge in [0.15, 0.2) is 6.67 Å². The first-order valence-electron chi connectivity index (χ1n) is 10.6. The summed E-state index contributed by atoms with van der Waals surface area (Å²) in [6.07, 6.45) is 18.7. The van der Waals surface area contributed by atoms with E-state index >= 15 is 0 Å². The fourth-order valence-corrected chi connectivity index (χ4v) is 3.77. The van der Waals surface area contributed by atoms with E-state index in [1.165, 1.54) is 83.6 Å².